The van der Waals surface area contributed by atoms with E-state index in [1.54, 1.807) is 26.4 Å². The SMILES string of the molecule is COc1cc2c(cc1OC)C(C(=O)c1ccccc1)=NCC2. The Bertz CT molecular complexity index is 735. The first kappa shape index (κ1) is 14.3. The predicted molar refractivity (Wildman–Crippen MR) is 85.4 cm³/mol. The van der Waals surface area contributed by atoms with E-state index in [0.29, 0.717) is 29.3 Å². The molecular formula is C18H17NO3. The maximum Gasteiger partial charge on any atom is 0.211 e. The summed E-state index contributed by atoms with van der Waals surface area (Å²) < 4.78 is 10.7. The van der Waals surface area contributed by atoms with Crippen LogP contribution >= 0.6 is 0 Å². The van der Waals surface area contributed by atoms with Crippen molar-refractivity contribution in [2.24, 2.45) is 4.99 Å². The number of benzene rings is 2. The van der Waals surface area contributed by atoms with Crippen LogP contribution in [0.5, 0.6) is 11.5 Å². The number of rotatable bonds is 4. The number of Topliss-reactive ketones (excluding diaryl/α,β-unsaturated/α-hetero) is 1. The molecule has 2 aromatic rings. The molecule has 0 radical (unpaired) electrons. The second-order valence-electron chi connectivity index (χ2n) is 5.04. The van der Waals surface area contributed by atoms with Crippen LogP contribution in [-0.2, 0) is 6.42 Å². The number of hydrogen-bond donors (Lipinski definition) is 0. The molecule has 0 bridgehead atoms. The highest BCUT2D eigenvalue weighted by molar-refractivity contribution is 6.51. The first-order chi connectivity index (χ1) is 10.7. The summed E-state index contributed by atoms with van der Waals surface area (Å²) in [5.41, 5.74) is 3.03. The predicted octanol–water partition coefficient (Wildman–Crippen LogP) is 2.93. The van der Waals surface area contributed by atoms with Crippen LogP contribution in [0.25, 0.3) is 0 Å². The van der Waals surface area contributed by atoms with Crippen LogP contribution in [0.2, 0.25) is 0 Å². The monoisotopic (exact) mass is 295 g/mol. The molecule has 112 valence electrons. The van der Waals surface area contributed by atoms with Crippen molar-refractivity contribution in [1.29, 1.82) is 0 Å². The third-order valence-electron chi connectivity index (χ3n) is 3.77. The molecule has 2 aromatic carbocycles. The first-order valence-corrected chi connectivity index (χ1v) is 7.14. The minimum atomic E-state index is -0.0613. The van der Waals surface area contributed by atoms with Crippen LogP contribution < -0.4 is 9.47 Å². The molecule has 1 aliphatic rings. The summed E-state index contributed by atoms with van der Waals surface area (Å²) >= 11 is 0. The average molecular weight is 295 g/mol. The van der Waals surface area contributed by atoms with E-state index in [-0.39, 0.29) is 5.78 Å². The summed E-state index contributed by atoms with van der Waals surface area (Å²) in [4.78, 5) is 17.2. The van der Waals surface area contributed by atoms with Gasteiger partial charge in [0.25, 0.3) is 0 Å². The number of ether oxygens (including phenoxy) is 2. The Hall–Kier alpha value is -2.62. The molecule has 0 spiro atoms. The van der Waals surface area contributed by atoms with E-state index in [4.69, 9.17) is 9.47 Å². The minimum Gasteiger partial charge on any atom is -0.493 e. The third-order valence-corrected chi connectivity index (χ3v) is 3.77. The molecule has 0 saturated carbocycles. The Morgan fingerprint density at radius 1 is 1.05 bits per heavy atom. The first-order valence-electron chi connectivity index (χ1n) is 7.14. The number of hydrogen-bond acceptors (Lipinski definition) is 4. The normalized spacial score (nSPS) is 13.1. The molecule has 1 aliphatic heterocycles. The molecule has 1 heterocycles. The summed E-state index contributed by atoms with van der Waals surface area (Å²) in [7, 11) is 3.19. The Morgan fingerprint density at radius 2 is 1.73 bits per heavy atom. The van der Waals surface area contributed by atoms with Crippen LogP contribution in [0.4, 0.5) is 0 Å². The molecule has 4 nitrogen and oxygen atoms in total. The quantitative estimate of drug-likeness (QED) is 0.815. The lowest BCUT2D eigenvalue weighted by molar-refractivity contribution is 0.106. The topological polar surface area (TPSA) is 47.9 Å². The van der Waals surface area contributed by atoms with Gasteiger partial charge in [-0.1, -0.05) is 30.3 Å². The lowest BCUT2D eigenvalue weighted by Gasteiger charge is -2.19. The highest BCUT2D eigenvalue weighted by Crippen LogP contribution is 2.33. The van der Waals surface area contributed by atoms with Crippen LogP contribution in [0, 0.1) is 0 Å². The van der Waals surface area contributed by atoms with E-state index in [9.17, 15) is 4.79 Å². The maximum absolute atomic E-state index is 12.7. The van der Waals surface area contributed by atoms with Gasteiger partial charge >= 0.3 is 0 Å². The van der Waals surface area contributed by atoms with Gasteiger partial charge in [-0.05, 0) is 24.1 Å². The zero-order valence-electron chi connectivity index (χ0n) is 12.6. The number of methoxy groups -OCH3 is 2. The Labute approximate surface area is 129 Å². The van der Waals surface area contributed by atoms with Crippen LogP contribution in [-0.4, -0.2) is 32.3 Å². The standard InChI is InChI=1S/C18H17NO3/c1-21-15-10-13-8-9-19-17(14(13)11-16(15)22-2)18(20)12-6-4-3-5-7-12/h3-7,10-11H,8-9H2,1-2H3. The smallest absolute Gasteiger partial charge is 0.211 e. The van der Waals surface area contributed by atoms with Crippen LogP contribution in [0.3, 0.4) is 0 Å². The Balaban J connectivity index is 2.06. The van der Waals surface area contributed by atoms with Crippen LogP contribution in [0.15, 0.2) is 47.5 Å². The van der Waals surface area contributed by atoms with Crippen molar-refractivity contribution < 1.29 is 14.3 Å². The molecule has 0 aromatic heterocycles. The van der Waals surface area contributed by atoms with E-state index in [0.717, 1.165) is 17.5 Å². The fraction of sp³-hybridized carbons (Fsp3) is 0.222. The van der Waals surface area contributed by atoms with Gasteiger partial charge in [0.2, 0.25) is 5.78 Å². The number of ketones is 1. The maximum atomic E-state index is 12.7. The highest BCUT2D eigenvalue weighted by Gasteiger charge is 2.24. The molecule has 4 heteroatoms. The van der Waals surface area contributed by atoms with E-state index < -0.39 is 0 Å². The number of carbonyl (C=O) groups is 1. The fourth-order valence-corrected chi connectivity index (χ4v) is 2.64. The second-order valence-corrected chi connectivity index (χ2v) is 5.04. The summed E-state index contributed by atoms with van der Waals surface area (Å²) in [6.07, 6.45) is 0.793. The number of nitrogens with zero attached hydrogens (tertiary/aromatic N) is 1. The van der Waals surface area contributed by atoms with Gasteiger partial charge in [0.15, 0.2) is 11.5 Å². The van der Waals surface area contributed by atoms with Crippen molar-refractivity contribution >= 4 is 11.5 Å². The highest BCUT2D eigenvalue weighted by atomic mass is 16.5. The number of fused-ring (bicyclic) bond motifs is 1. The molecular weight excluding hydrogens is 278 g/mol. The van der Waals surface area contributed by atoms with Gasteiger partial charge in [-0.25, -0.2) is 0 Å². The van der Waals surface area contributed by atoms with E-state index >= 15 is 0 Å². The molecule has 0 N–H and O–H groups in total. The zero-order chi connectivity index (χ0) is 15.5. The average Bonchev–Trinajstić information content (AvgIpc) is 2.60. The van der Waals surface area contributed by atoms with Gasteiger partial charge in [0, 0.05) is 17.7 Å². The largest absolute Gasteiger partial charge is 0.493 e. The van der Waals surface area contributed by atoms with Gasteiger partial charge in [-0.2, -0.15) is 0 Å². The van der Waals surface area contributed by atoms with Gasteiger partial charge in [0.05, 0.1) is 14.2 Å². The summed E-state index contributed by atoms with van der Waals surface area (Å²) in [6.45, 7) is 0.608. The van der Waals surface area contributed by atoms with Gasteiger partial charge in [-0.3, -0.25) is 9.79 Å². The lowest BCUT2D eigenvalue weighted by atomic mass is 9.92. The summed E-state index contributed by atoms with van der Waals surface area (Å²) in [6, 6.07) is 13.0. The number of aliphatic imine (C=N–C) groups is 1. The van der Waals surface area contributed by atoms with Crippen molar-refractivity contribution in [3.05, 3.63) is 59.2 Å². The third kappa shape index (κ3) is 2.48. The van der Waals surface area contributed by atoms with Gasteiger partial charge in [-0.15, -0.1) is 0 Å². The molecule has 0 aliphatic carbocycles. The van der Waals surface area contributed by atoms with Crippen molar-refractivity contribution in [2.75, 3.05) is 20.8 Å². The lowest BCUT2D eigenvalue weighted by Crippen LogP contribution is -2.22. The summed E-state index contributed by atoms with van der Waals surface area (Å²) in [5, 5.41) is 0. The molecule has 0 atom stereocenters. The molecule has 0 fully saturated rings. The van der Waals surface area contributed by atoms with Crippen LogP contribution in [0.1, 0.15) is 21.5 Å². The number of carbonyl (C=O) groups excluding carboxylic acids is 1. The van der Waals surface area contributed by atoms with Crippen molar-refractivity contribution in [1.82, 2.24) is 0 Å². The van der Waals surface area contributed by atoms with Crippen molar-refractivity contribution in [3.8, 4) is 11.5 Å². The molecule has 0 unspecified atom stereocenters. The molecule has 22 heavy (non-hydrogen) atoms. The Kier molecular flexibility index (Phi) is 3.92. The molecule has 0 amide bonds. The molecule has 3 rings (SSSR count). The second kappa shape index (κ2) is 6.02. The van der Waals surface area contributed by atoms with Gasteiger partial charge in [0.1, 0.15) is 5.71 Å². The summed E-state index contributed by atoms with van der Waals surface area (Å²) in [5.74, 6) is 1.22. The van der Waals surface area contributed by atoms with E-state index in [1.807, 2.05) is 30.3 Å². The Morgan fingerprint density at radius 3 is 2.41 bits per heavy atom. The zero-order valence-corrected chi connectivity index (χ0v) is 12.6. The van der Waals surface area contributed by atoms with Crippen molar-refractivity contribution in [3.63, 3.8) is 0 Å². The van der Waals surface area contributed by atoms with E-state index in [1.165, 1.54) is 0 Å². The molecule has 0 saturated heterocycles. The van der Waals surface area contributed by atoms with E-state index in [2.05, 4.69) is 4.99 Å². The fourth-order valence-electron chi connectivity index (χ4n) is 2.64. The minimum absolute atomic E-state index is 0.0613. The van der Waals surface area contributed by atoms with Gasteiger partial charge < -0.3 is 9.47 Å². The van der Waals surface area contributed by atoms with Crippen molar-refractivity contribution in [2.45, 2.75) is 6.42 Å².